The van der Waals surface area contributed by atoms with E-state index in [-0.39, 0.29) is 11.8 Å². The molecule has 1 rings (SSSR count). The van der Waals surface area contributed by atoms with Crippen molar-refractivity contribution in [1.82, 2.24) is 4.90 Å². The normalized spacial score (nSPS) is 22.5. The van der Waals surface area contributed by atoms with Crippen molar-refractivity contribution >= 4 is 11.8 Å². The van der Waals surface area contributed by atoms with Crippen molar-refractivity contribution in [3.05, 3.63) is 0 Å². The summed E-state index contributed by atoms with van der Waals surface area (Å²) < 4.78 is 0. The van der Waals surface area contributed by atoms with Crippen LogP contribution in [0.4, 0.5) is 0 Å². The molecule has 2 unspecified atom stereocenters. The molecule has 0 spiro atoms. The Kier molecular flexibility index (Phi) is 4.70. The molecule has 0 bridgehead atoms. The number of amides is 2. The van der Waals surface area contributed by atoms with Crippen LogP contribution in [-0.4, -0.2) is 43.0 Å². The Balaban J connectivity index is 2.56. The van der Waals surface area contributed by atoms with Gasteiger partial charge in [-0.1, -0.05) is 6.92 Å². The smallest absolute Gasteiger partial charge is 0.240 e. The summed E-state index contributed by atoms with van der Waals surface area (Å²) in [6.07, 6.45) is 0.923. The highest BCUT2D eigenvalue weighted by atomic mass is 17.2. The van der Waals surface area contributed by atoms with Gasteiger partial charge in [0.1, 0.15) is 6.04 Å². The van der Waals surface area contributed by atoms with Gasteiger partial charge in [0, 0.05) is 18.9 Å². The summed E-state index contributed by atoms with van der Waals surface area (Å²) in [7, 11) is 1.42. The molecule has 1 aliphatic rings. The number of hydrogen-bond donors (Lipinski definition) is 1. The van der Waals surface area contributed by atoms with Gasteiger partial charge in [-0.15, -0.1) is 0 Å². The zero-order chi connectivity index (χ0) is 12.1. The largest absolute Gasteiger partial charge is 0.368 e. The fourth-order valence-electron chi connectivity index (χ4n) is 1.96. The summed E-state index contributed by atoms with van der Waals surface area (Å²) in [5.41, 5.74) is 5.25. The quantitative estimate of drug-likeness (QED) is 0.500. The number of rotatable bonds is 6. The van der Waals surface area contributed by atoms with E-state index in [9.17, 15) is 9.59 Å². The summed E-state index contributed by atoms with van der Waals surface area (Å²) in [6, 6.07) is -0.500. The molecule has 0 radical (unpaired) electrons. The molecule has 2 N–H and O–H groups in total. The predicted molar refractivity (Wildman–Crippen MR) is 56.1 cm³/mol. The minimum absolute atomic E-state index is 0.0460. The third-order valence-corrected chi connectivity index (χ3v) is 2.75. The van der Waals surface area contributed by atoms with Crippen molar-refractivity contribution in [3.8, 4) is 0 Å². The fourth-order valence-corrected chi connectivity index (χ4v) is 1.96. The Morgan fingerprint density at radius 1 is 1.69 bits per heavy atom. The maximum Gasteiger partial charge on any atom is 0.240 e. The summed E-state index contributed by atoms with van der Waals surface area (Å²) in [5, 5.41) is 0. The maximum absolute atomic E-state index is 11.7. The molecule has 0 aromatic carbocycles. The van der Waals surface area contributed by atoms with E-state index in [0.29, 0.717) is 26.0 Å². The zero-order valence-electron chi connectivity index (χ0n) is 9.64. The van der Waals surface area contributed by atoms with E-state index in [1.165, 1.54) is 12.0 Å². The third-order valence-electron chi connectivity index (χ3n) is 2.75. The van der Waals surface area contributed by atoms with E-state index in [1.54, 1.807) is 0 Å². The van der Waals surface area contributed by atoms with E-state index < -0.39 is 11.9 Å². The molecule has 1 heterocycles. The van der Waals surface area contributed by atoms with Crippen LogP contribution in [0.3, 0.4) is 0 Å². The van der Waals surface area contributed by atoms with E-state index in [2.05, 4.69) is 4.89 Å². The SMILES string of the molecule is CCC(C(N)=O)N1CC(COOC)CC1=O. The van der Waals surface area contributed by atoms with Crippen LogP contribution < -0.4 is 5.73 Å². The molecule has 0 aromatic heterocycles. The molecule has 1 fully saturated rings. The number of hydrogen-bond acceptors (Lipinski definition) is 4. The van der Waals surface area contributed by atoms with Gasteiger partial charge in [0.25, 0.3) is 0 Å². The second-order valence-electron chi connectivity index (χ2n) is 3.89. The second-order valence-corrected chi connectivity index (χ2v) is 3.89. The lowest BCUT2D eigenvalue weighted by Crippen LogP contribution is -2.45. The molecular formula is C10H18N2O4. The van der Waals surface area contributed by atoms with Gasteiger partial charge in [-0.25, -0.2) is 9.78 Å². The van der Waals surface area contributed by atoms with Crippen molar-refractivity contribution in [1.29, 1.82) is 0 Å². The van der Waals surface area contributed by atoms with Gasteiger partial charge >= 0.3 is 0 Å². The summed E-state index contributed by atoms with van der Waals surface area (Å²) in [4.78, 5) is 33.6. The topological polar surface area (TPSA) is 81.9 Å². The van der Waals surface area contributed by atoms with Crippen LogP contribution in [-0.2, 0) is 19.4 Å². The highest BCUT2D eigenvalue weighted by Gasteiger charge is 2.36. The minimum Gasteiger partial charge on any atom is -0.368 e. The Morgan fingerprint density at radius 3 is 2.88 bits per heavy atom. The number of likely N-dealkylation sites (tertiary alicyclic amines) is 1. The first-order valence-electron chi connectivity index (χ1n) is 5.34. The molecule has 1 aliphatic heterocycles. The standard InChI is InChI=1S/C10H18N2O4/c1-3-8(10(11)14)12-5-7(4-9(12)13)6-16-15-2/h7-8H,3-6H2,1-2H3,(H2,11,14). The molecule has 0 saturated carbocycles. The molecule has 0 aliphatic carbocycles. The van der Waals surface area contributed by atoms with Crippen LogP contribution in [0, 0.1) is 5.92 Å². The Labute approximate surface area is 94.6 Å². The number of carbonyl (C=O) groups excluding carboxylic acids is 2. The van der Waals surface area contributed by atoms with Crippen molar-refractivity contribution in [2.24, 2.45) is 11.7 Å². The van der Waals surface area contributed by atoms with Crippen LogP contribution in [0.2, 0.25) is 0 Å². The second kappa shape index (κ2) is 5.81. The lowest BCUT2D eigenvalue weighted by molar-refractivity contribution is -0.279. The van der Waals surface area contributed by atoms with Crippen molar-refractivity contribution < 1.29 is 19.4 Å². The fraction of sp³-hybridized carbons (Fsp3) is 0.800. The molecule has 92 valence electrons. The first-order chi connectivity index (χ1) is 7.60. The Hall–Kier alpha value is -1.14. The van der Waals surface area contributed by atoms with Crippen molar-refractivity contribution in [2.75, 3.05) is 20.3 Å². The number of primary amides is 1. The maximum atomic E-state index is 11.7. The number of nitrogens with zero attached hydrogens (tertiary/aromatic N) is 1. The molecule has 6 nitrogen and oxygen atoms in total. The Morgan fingerprint density at radius 2 is 2.38 bits per heavy atom. The summed E-state index contributed by atoms with van der Waals surface area (Å²) in [6.45, 7) is 2.69. The summed E-state index contributed by atoms with van der Waals surface area (Å²) in [5.74, 6) is -0.430. The van der Waals surface area contributed by atoms with Gasteiger partial charge in [-0.05, 0) is 6.42 Å². The van der Waals surface area contributed by atoms with Gasteiger partial charge < -0.3 is 10.6 Å². The van der Waals surface area contributed by atoms with Gasteiger partial charge in [0.15, 0.2) is 0 Å². The van der Waals surface area contributed by atoms with Gasteiger partial charge in [-0.3, -0.25) is 9.59 Å². The first-order valence-corrected chi connectivity index (χ1v) is 5.34. The molecule has 16 heavy (non-hydrogen) atoms. The van der Waals surface area contributed by atoms with Crippen molar-refractivity contribution in [3.63, 3.8) is 0 Å². The van der Waals surface area contributed by atoms with E-state index in [1.807, 2.05) is 6.92 Å². The van der Waals surface area contributed by atoms with E-state index >= 15 is 0 Å². The predicted octanol–water partition coefficient (Wildman–Crippen LogP) is -0.323. The monoisotopic (exact) mass is 230 g/mol. The minimum atomic E-state index is -0.500. The average Bonchev–Trinajstić information content (AvgIpc) is 2.58. The van der Waals surface area contributed by atoms with Gasteiger partial charge in [0.2, 0.25) is 11.8 Å². The molecular weight excluding hydrogens is 212 g/mol. The average molecular weight is 230 g/mol. The lowest BCUT2D eigenvalue weighted by Gasteiger charge is -2.24. The molecule has 1 saturated heterocycles. The Bertz CT molecular complexity index is 270. The van der Waals surface area contributed by atoms with Crippen LogP contribution >= 0.6 is 0 Å². The zero-order valence-corrected chi connectivity index (χ0v) is 9.64. The number of carbonyl (C=O) groups is 2. The first kappa shape index (κ1) is 12.9. The molecule has 0 aromatic rings. The van der Waals surface area contributed by atoms with Gasteiger partial charge in [-0.2, -0.15) is 0 Å². The number of nitrogens with two attached hydrogens (primary N) is 1. The van der Waals surface area contributed by atoms with Crippen molar-refractivity contribution in [2.45, 2.75) is 25.8 Å². The van der Waals surface area contributed by atoms with E-state index in [4.69, 9.17) is 10.6 Å². The highest BCUT2D eigenvalue weighted by molar-refractivity contribution is 5.87. The third kappa shape index (κ3) is 2.93. The lowest BCUT2D eigenvalue weighted by atomic mass is 10.1. The summed E-state index contributed by atoms with van der Waals surface area (Å²) >= 11 is 0. The van der Waals surface area contributed by atoms with Crippen LogP contribution in [0.25, 0.3) is 0 Å². The highest BCUT2D eigenvalue weighted by Crippen LogP contribution is 2.21. The van der Waals surface area contributed by atoms with E-state index in [0.717, 1.165) is 0 Å². The van der Waals surface area contributed by atoms with Crippen LogP contribution in [0.15, 0.2) is 0 Å². The van der Waals surface area contributed by atoms with Gasteiger partial charge in [0.05, 0.1) is 13.7 Å². The molecule has 2 amide bonds. The van der Waals surface area contributed by atoms with Crippen LogP contribution in [0.5, 0.6) is 0 Å². The molecule has 2 atom stereocenters. The van der Waals surface area contributed by atoms with Crippen LogP contribution in [0.1, 0.15) is 19.8 Å². The molecule has 6 heteroatoms.